The maximum Gasteiger partial charge on any atom is 0.260 e. The molecule has 5 rings (SSSR count). The van der Waals surface area contributed by atoms with Crippen LogP contribution >= 0.6 is 11.3 Å². The van der Waals surface area contributed by atoms with Crippen molar-refractivity contribution in [2.24, 2.45) is 0 Å². The predicted octanol–water partition coefficient (Wildman–Crippen LogP) is 5.76. The Bertz CT molecular complexity index is 1710. The standard InChI is InChI=1S/C30H28N4O4S2/c1-3-33(20-22-8-5-4-6-9-22)40(36,37)26-14-11-24(12-15-26)29(35)34(21-23-10-7-17-31-19-23)30-32-27-16-13-25(38-2)18-28(27)39-30/h4-19H,3,20-21H2,1-2H3. The minimum atomic E-state index is -3.76. The number of hydrogen-bond donors (Lipinski definition) is 0. The van der Waals surface area contributed by atoms with Gasteiger partial charge in [0.15, 0.2) is 5.13 Å². The van der Waals surface area contributed by atoms with Crippen molar-refractivity contribution in [3.8, 4) is 5.75 Å². The van der Waals surface area contributed by atoms with E-state index in [1.165, 1.54) is 27.8 Å². The molecule has 1 amide bonds. The lowest BCUT2D eigenvalue weighted by atomic mass is 10.2. The van der Waals surface area contributed by atoms with E-state index in [2.05, 4.69) is 4.98 Å². The molecule has 0 saturated carbocycles. The number of ether oxygens (including phenoxy) is 1. The van der Waals surface area contributed by atoms with Crippen LogP contribution in [0.1, 0.15) is 28.4 Å². The lowest BCUT2D eigenvalue weighted by molar-refractivity contribution is 0.0985. The fourth-order valence-electron chi connectivity index (χ4n) is 4.26. The van der Waals surface area contributed by atoms with Gasteiger partial charge in [-0.15, -0.1) is 0 Å². The number of sulfonamides is 1. The van der Waals surface area contributed by atoms with Crippen LogP contribution in [0.5, 0.6) is 5.75 Å². The summed E-state index contributed by atoms with van der Waals surface area (Å²) in [6.07, 6.45) is 3.38. The van der Waals surface area contributed by atoms with Crippen LogP contribution in [0.3, 0.4) is 0 Å². The molecule has 2 heterocycles. The molecular weight excluding hydrogens is 544 g/mol. The largest absolute Gasteiger partial charge is 0.497 e. The summed E-state index contributed by atoms with van der Waals surface area (Å²) in [6.45, 7) is 2.65. The highest BCUT2D eigenvalue weighted by Gasteiger charge is 2.26. The molecular formula is C30H28N4O4S2. The summed E-state index contributed by atoms with van der Waals surface area (Å²) in [6, 6.07) is 24.8. The van der Waals surface area contributed by atoms with Crippen LogP contribution in [0.2, 0.25) is 0 Å². The number of methoxy groups -OCH3 is 1. The Morgan fingerprint density at radius 1 is 0.925 bits per heavy atom. The molecule has 0 radical (unpaired) electrons. The summed E-state index contributed by atoms with van der Waals surface area (Å²) in [7, 11) is -2.15. The van der Waals surface area contributed by atoms with Gasteiger partial charge in [0.1, 0.15) is 5.75 Å². The third kappa shape index (κ3) is 5.89. The number of carbonyl (C=O) groups is 1. The minimum absolute atomic E-state index is 0.132. The van der Waals surface area contributed by atoms with E-state index in [0.29, 0.717) is 23.0 Å². The first-order chi connectivity index (χ1) is 19.4. The Morgan fingerprint density at radius 2 is 1.68 bits per heavy atom. The monoisotopic (exact) mass is 572 g/mol. The van der Waals surface area contributed by atoms with Gasteiger partial charge >= 0.3 is 0 Å². The number of amides is 1. The van der Waals surface area contributed by atoms with Crippen molar-refractivity contribution in [2.45, 2.75) is 24.9 Å². The zero-order valence-corrected chi connectivity index (χ0v) is 23.7. The maximum absolute atomic E-state index is 13.8. The number of benzene rings is 3. The second-order valence-electron chi connectivity index (χ2n) is 9.02. The van der Waals surface area contributed by atoms with Crippen LogP contribution in [0, 0.1) is 0 Å². The van der Waals surface area contributed by atoms with Gasteiger partial charge in [-0.25, -0.2) is 13.4 Å². The normalized spacial score (nSPS) is 11.6. The molecule has 0 unspecified atom stereocenters. The van der Waals surface area contributed by atoms with E-state index < -0.39 is 10.0 Å². The molecule has 0 aliphatic heterocycles. The van der Waals surface area contributed by atoms with Gasteiger partial charge in [-0.3, -0.25) is 14.7 Å². The molecule has 2 aromatic heterocycles. The van der Waals surface area contributed by atoms with Crippen molar-refractivity contribution in [3.05, 3.63) is 114 Å². The topological polar surface area (TPSA) is 92.7 Å². The molecule has 3 aromatic carbocycles. The van der Waals surface area contributed by atoms with Crippen LogP contribution in [0.25, 0.3) is 10.2 Å². The summed E-state index contributed by atoms with van der Waals surface area (Å²) >= 11 is 1.38. The Kier molecular flexibility index (Phi) is 8.20. The minimum Gasteiger partial charge on any atom is -0.497 e. The number of rotatable bonds is 10. The maximum atomic E-state index is 13.8. The van der Waals surface area contributed by atoms with Crippen molar-refractivity contribution in [1.29, 1.82) is 0 Å². The van der Waals surface area contributed by atoms with Gasteiger partial charge in [0.2, 0.25) is 10.0 Å². The molecule has 8 nitrogen and oxygen atoms in total. The van der Waals surface area contributed by atoms with Crippen molar-refractivity contribution < 1.29 is 17.9 Å². The van der Waals surface area contributed by atoms with Crippen molar-refractivity contribution in [1.82, 2.24) is 14.3 Å². The SMILES string of the molecule is CCN(Cc1ccccc1)S(=O)(=O)c1ccc(C(=O)N(Cc2cccnc2)c2nc3ccc(OC)cc3s2)cc1. The Labute approximate surface area is 237 Å². The van der Waals surface area contributed by atoms with Crippen molar-refractivity contribution in [2.75, 3.05) is 18.6 Å². The average Bonchev–Trinajstić information content (AvgIpc) is 3.42. The second kappa shape index (κ2) is 12.0. The zero-order valence-electron chi connectivity index (χ0n) is 22.1. The summed E-state index contributed by atoms with van der Waals surface area (Å²) in [5.41, 5.74) is 2.85. The fraction of sp³-hybridized carbons (Fsp3) is 0.167. The predicted molar refractivity (Wildman–Crippen MR) is 157 cm³/mol. The van der Waals surface area contributed by atoms with E-state index in [4.69, 9.17) is 9.72 Å². The number of fused-ring (bicyclic) bond motifs is 1. The molecule has 0 aliphatic rings. The van der Waals surface area contributed by atoms with Gasteiger partial charge in [0.05, 0.1) is 28.8 Å². The molecule has 204 valence electrons. The average molecular weight is 573 g/mol. The second-order valence-corrected chi connectivity index (χ2v) is 12.0. The summed E-state index contributed by atoms with van der Waals surface area (Å²) in [5.74, 6) is 0.411. The lowest BCUT2D eigenvalue weighted by Gasteiger charge is -2.22. The lowest BCUT2D eigenvalue weighted by Crippen LogP contribution is -2.31. The first-order valence-corrected chi connectivity index (χ1v) is 14.9. The molecule has 0 spiro atoms. The van der Waals surface area contributed by atoms with Crippen LogP contribution in [-0.4, -0.2) is 42.3 Å². The van der Waals surface area contributed by atoms with Crippen LogP contribution in [0.15, 0.2) is 102 Å². The third-order valence-electron chi connectivity index (χ3n) is 6.42. The van der Waals surface area contributed by atoms with E-state index in [-0.39, 0.29) is 23.9 Å². The number of aromatic nitrogens is 2. The molecule has 0 bridgehead atoms. The van der Waals surface area contributed by atoms with Crippen LogP contribution in [0.4, 0.5) is 5.13 Å². The molecule has 0 N–H and O–H groups in total. The first kappa shape index (κ1) is 27.4. The Balaban J connectivity index is 1.44. The van der Waals surface area contributed by atoms with E-state index >= 15 is 0 Å². The highest BCUT2D eigenvalue weighted by molar-refractivity contribution is 7.89. The van der Waals surface area contributed by atoms with Gasteiger partial charge in [-0.1, -0.05) is 54.7 Å². The zero-order chi connectivity index (χ0) is 28.1. The molecule has 0 fully saturated rings. The van der Waals surface area contributed by atoms with Crippen LogP contribution < -0.4 is 9.64 Å². The Morgan fingerprint density at radius 3 is 2.35 bits per heavy atom. The number of hydrogen-bond acceptors (Lipinski definition) is 7. The Hall–Kier alpha value is -4.12. The summed E-state index contributed by atoms with van der Waals surface area (Å²) in [4.78, 5) is 24.4. The highest BCUT2D eigenvalue weighted by atomic mass is 32.2. The number of carbonyl (C=O) groups excluding carboxylic acids is 1. The smallest absolute Gasteiger partial charge is 0.260 e. The van der Waals surface area contributed by atoms with Gasteiger partial charge < -0.3 is 4.74 Å². The molecule has 40 heavy (non-hydrogen) atoms. The summed E-state index contributed by atoms with van der Waals surface area (Å²) < 4.78 is 34.4. The van der Waals surface area contributed by atoms with Gasteiger partial charge in [0.25, 0.3) is 5.91 Å². The molecule has 0 atom stereocenters. The van der Waals surface area contributed by atoms with Crippen molar-refractivity contribution >= 4 is 42.6 Å². The van der Waals surface area contributed by atoms with E-state index in [9.17, 15) is 13.2 Å². The van der Waals surface area contributed by atoms with E-state index in [1.54, 1.807) is 36.5 Å². The summed E-state index contributed by atoms with van der Waals surface area (Å²) in [5, 5.41) is 0.522. The fourth-order valence-corrected chi connectivity index (χ4v) is 6.69. The van der Waals surface area contributed by atoms with Gasteiger partial charge in [0, 0.05) is 31.0 Å². The number of thiazole rings is 1. The van der Waals surface area contributed by atoms with E-state index in [0.717, 1.165) is 21.3 Å². The quantitative estimate of drug-likeness (QED) is 0.211. The number of anilines is 1. The van der Waals surface area contributed by atoms with E-state index in [1.807, 2.05) is 67.6 Å². The highest BCUT2D eigenvalue weighted by Crippen LogP contribution is 2.33. The number of nitrogens with zero attached hydrogens (tertiary/aromatic N) is 4. The third-order valence-corrected chi connectivity index (χ3v) is 9.39. The molecule has 0 aliphatic carbocycles. The first-order valence-electron chi connectivity index (χ1n) is 12.7. The van der Waals surface area contributed by atoms with Gasteiger partial charge in [-0.2, -0.15) is 4.31 Å². The van der Waals surface area contributed by atoms with Crippen molar-refractivity contribution in [3.63, 3.8) is 0 Å². The molecule has 0 saturated heterocycles. The molecule has 10 heteroatoms. The van der Waals surface area contributed by atoms with Gasteiger partial charge in [-0.05, 0) is 59.7 Å². The number of pyridine rings is 1. The molecule has 5 aromatic rings. The van der Waals surface area contributed by atoms with Crippen LogP contribution in [-0.2, 0) is 23.1 Å².